The molecular formula is C20H38. The lowest BCUT2D eigenvalue weighted by molar-refractivity contribution is 0.260. The van der Waals surface area contributed by atoms with Gasteiger partial charge in [-0.15, -0.1) is 0 Å². The Hall–Kier alpha value is -0.520. The molecule has 0 saturated carbocycles. The molecule has 0 heteroatoms. The smallest absolute Gasteiger partial charge is 0.0137 e. The molecule has 0 unspecified atom stereocenters. The fourth-order valence-electron chi connectivity index (χ4n) is 3.12. The van der Waals surface area contributed by atoms with Gasteiger partial charge < -0.3 is 0 Å². The molecule has 0 radical (unpaired) electrons. The van der Waals surface area contributed by atoms with Crippen LogP contribution >= 0.6 is 0 Å². The molecule has 0 aromatic rings. The van der Waals surface area contributed by atoms with Gasteiger partial charge in [0.15, 0.2) is 0 Å². The van der Waals surface area contributed by atoms with Crippen molar-refractivity contribution in [3.05, 3.63) is 22.3 Å². The van der Waals surface area contributed by atoms with E-state index in [1.54, 1.807) is 5.57 Å². The van der Waals surface area contributed by atoms with Crippen molar-refractivity contribution < 1.29 is 0 Å². The molecule has 0 aromatic heterocycles. The number of allylic oxidation sites excluding steroid dienone is 4. The molecule has 0 saturated heterocycles. The first kappa shape index (κ1) is 19.5. The van der Waals surface area contributed by atoms with Crippen molar-refractivity contribution in [2.24, 2.45) is 16.2 Å². The van der Waals surface area contributed by atoms with Crippen molar-refractivity contribution in [2.75, 3.05) is 0 Å². The summed E-state index contributed by atoms with van der Waals surface area (Å²) in [6, 6.07) is 0. The standard InChI is InChI=1S/C20H38/c1-14(2)15(3)19(9,10)13-20(11,12)17(5)16(4)18(6,7)8/h13H2,1-12H3. The third kappa shape index (κ3) is 4.79. The zero-order valence-corrected chi connectivity index (χ0v) is 16.2. The molecule has 0 bridgehead atoms. The Labute approximate surface area is 128 Å². The molecule has 0 nitrogen and oxygen atoms in total. The summed E-state index contributed by atoms with van der Waals surface area (Å²) in [5.74, 6) is 0. The molecule has 0 N–H and O–H groups in total. The molecule has 118 valence electrons. The zero-order valence-electron chi connectivity index (χ0n) is 16.2. The Morgan fingerprint density at radius 3 is 1.20 bits per heavy atom. The summed E-state index contributed by atoms with van der Waals surface area (Å²) in [6.07, 6.45) is 1.19. The maximum atomic E-state index is 2.40. The van der Waals surface area contributed by atoms with Crippen LogP contribution in [0.2, 0.25) is 0 Å². The zero-order chi connectivity index (χ0) is 16.5. The van der Waals surface area contributed by atoms with Crippen LogP contribution in [0.5, 0.6) is 0 Å². The fraction of sp³-hybridized carbons (Fsp3) is 0.800. The monoisotopic (exact) mass is 278 g/mol. The average molecular weight is 279 g/mol. The van der Waals surface area contributed by atoms with Crippen molar-refractivity contribution in [3.8, 4) is 0 Å². The second-order valence-corrected chi connectivity index (χ2v) is 9.07. The highest BCUT2D eigenvalue weighted by Gasteiger charge is 2.33. The van der Waals surface area contributed by atoms with Gasteiger partial charge in [-0.25, -0.2) is 0 Å². The molecule has 0 aliphatic carbocycles. The molecule has 0 aliphatic rings. The predicted octanol–water partition coefficient (Wildman–Crippen LogP) is 7.17. The van der Waals surface area contributed by atoms with Gasteiger partial charge in [0.05, 0.1) is 0 Å². The summed E-state index contributed by atoms with van der Waals surface area (Å²) in [6.45, 7) is 27.9. The Balaban J connectivity index is 5.55. The number of hydrogen-bond acceptors (Lipinski definition) is 0. The molecule has 0 atom stereocenters. The van der Waals surface area contributed by atoms with Crippen LogP contribution < -0.4 is 0 Å². The first-order valence-corrected chi connectivity index (χ1v) is 7.96. The van der Waals surface area contributed by atoms with Gasteiger partial charge in [0.1, 0.15) is 0 Å². The van der Waals surface area contributed by atoms with E-state index in [1.165, 1.54) is 23.1 Å². The Kier molecular flexibility index (Phi) is 5.92. The van der Waals surface area contributed by atoms with E-state index in [0.717, 1.165) is 0 Å². The highest BCUT2D eigenvalue weighted by atomic mass is 14.4. The van der Waals surface area contributed by atoms with Crippen molar-refractivity contribution in [2.45, 2.75) is 89.5 Å². The van der Waals surface area contributed by atoms with E-state index in [0.29, 0.717) is 0 Å². The van der Waals surface area contributed by atoms with Gasteiger partial charge in [0, 0.05) is 0 Å². The Morgan fingerprint density at radius 2 is 0.900 bits per heavy atom. The maximum Gasteiger partial charge on any atom is -0.0137 e. The van der Waals surface area contributed by atoms with E-state index in [1.807, 2.05) is 0 Å². The molecule has 0 aliphatic heterocycles. The predicted molar refractivity (Wildman–Crippen MR) is 94.1 cm³/mol. The summed E-state index contributed by atoms with van der Waals surface area (Å²) < 4.78 is 0. The summed E-state index contributed by atoms with van der Waals surface area (Å²) >= 11 is 0. The van der Waals surface area contributed by atoms with Crippen LogP contribution in [-0.2, 0) is 0 Å². The maximum absolute atomic E-state index is 2.40. The third-order valence-electron chi connectivity index (χ3n) is 5.35. The van der Waals surface area contributed by atoms with E-state index in [2.05, 4.69) is 83.1 Å². The van der Waals surface area contributed by atoms with E-state index in [-0.39, 0.29) is 16.2 Å². The molecule has 0 rings (SSSR count). The van der Waals surface area contributed by atoms with Crippen LogP contribution in [0.4, 0.5) is 0 Å². The summed E-state index contributed by atoms with van der Waals surface area (Å²) in [7, 11) is 0. The Morgan fingerprint density at radius 1 is 0.550 bits per heavy atom. The second kappa shape index (κ2) is 6.08. The molecule has 0 heterocycles. The number of rotatable bonds is 4. The van der Waals surface area contributed by atoms with Crippen LogP contribution in [-0.4, -0.2) is 0 Å². The van der Waals surface area contributed by atoms with Gasteiger partial charge in [-0.2, -0.15) is 0 Å². The van der Waals surface area contributed by atoms with Gasteiger partial charge in [-0.05, 0) is 57.3 Å². The third-order valence-corrected chi connectivity index (χ3v) is 5.35. The summed E-state index contributed by atoms with van der Waals surface area (Å²) in [4.78, 5) is 0. The lowest BCUT2D eigenvalue weighted by atomic mass is 9.65. The molecule has 0 aromatic carbocycles. The van der Waals surface area contributed by atoms with E-state index >= 15 is 0 Å². The van der Waals surface area contributed by atoms with Crippen LogP contribution in [0.3, 0.4) is 0 Å². The van der Waals surface area contributed by atoms with Gasteiger partial charge in [-0.1, -0.05) is 70.8 Å². The minimum absolute atomic E-state index is 0.234. The van der Waals surface area contributed by atoms with Gasteiger partial charge in [0.25, 0.3) is 0 Å². The van der Waals surface area contributed by atoms with Gasteiger partial charge in [-0.3, -0.25) is 0 Å². The van der Waals surface area contributed by atoms with E-state index < -0.39 is 0 Å². The van der Waals surface area contributed by atoms with Gasteiger partial charge in [0.2, 0.25) is 0 Å². The molecule has 0 fully saturated rings. The van der Waals surface area contributed by atoms with E-state index in [9.17, 15) is 0 Å². The average Bonchev–Trinajstić information content (AvgIpc) is 2.22. The minimum Gasteiger partial charge on any atom is -0.0770 e. The molecular weight excluding hydrogens is 240 g/mol. The van der Waals surface area contributed by atoms with Crippen molar-refractivity contribution >= 4 is 0 Å². The second-order valence-electron chi connectivity index (χ2n) is 9.07. The van der Waals surface area contributed by atoms with Crippen molar-refractivity contribution in [1.29, 1.82) is 0 Å². The molecule has 0 spiro atoms. The molecule has 0 amide bonds. The number of hydrogen-bond donors (Lipinski definition) is 0. The van der Waals surface area contributed by atoms with Crippen molar-refractivity contribution in [3.63, 3.8) is 0 Å². The van der Waals surface area contributed by atoms with Crippen LogP contribution in [0.15, 0.2) is 22.3 Å². The first-order chi connectivity index (χ1) is 8.63. The largest absolute Gasteiger partial charge is 0.0770 e. The Bertz CT molecular complexity index is 402. The van der Waals surface area contributed by atoms with Gasteiger partial charge >= 0.3 is 0 Å². The normalized spacial score (nSPS) is 15.0. The first-order valence-electron chi connectivity index (χ1n) is 7.96. The van der Waals surface area contributed by atoms with Crippen LogP contribution in [0.25, 0.3) is 0 Å². The quantitative estimate of drug-likeness (QED) is 0.478. The highest BCUT2D eigenvalue weighted by molar-refractivity contribution is 5.24. The van der Waals surface area contributed by atoms with Crippen LogP contribution in [0.1, 0.15) is 89.5 Å². The minimum atomic E-state index is 0.234. The highest BCUT2D eigenvalue weighted by Crippen LogP contribution is 2.46. The topological polar surface area (TPSA) is 0 Å². The summed E-state index contributed by atoms with van der Waals surface area (Å²) in [5, 5.41) is 0. The van der Waals surface area contributed by atoms with Crippen molar-refractivity contribution in [1.82, 2.24) is 0 Å². The fourth-order valence-corrected chi connectivity index (χ4v) is 3.12. The lowest BCUT2D eigenvalue weighted by Gasteiger charge is -2.39. The SMILES string of the molecule is CC(C)=C(C)C(C)(C)CC(C)(C)C(C)=C(C)C(C)(C)C. The summed E-state index contributed by atoms with van der Waals surface area (Å²) in [5.41, 5.74) is 6.83. The lowest BCUT2D eigenvalue weighted by Crippen LogP contribution is -2.27. The van der Waals surface area contributed by atoms with Crippen LogP contribution in [0, 0.1) is 16.2 Å². The molecule has 20 heavy (non-hydrogen) atoms. The van der Waals surface area contributed by atoms with E-state index in [4.69, 9.17) is 0 Å².